The van der Waals surface area contributed by atoms with Crippen molar-refractivity contribution in [3.05, 3.63) is 41.5 Å². The van der Waals surface area contributed by atoms with Gasteiger partial charge in [-0.1, -0.05) is 6.92 Å². The zero-order valence-electron chi connectivity index (χ0n) is 17.5. The molecule has 0 saturated carbocycles. The quantitative estimate of drug-likeness (QED) is 0.242. The maximum Gasteiger partial charge on any atom is 0.251 e. The largest absolute Gasteiger partial charge is 0.486 e. The number of hydrogen-bond donors (Lipinski definition) is 5. The van der Waals surface area contributed by atoms with Crippen LogP contribution >= 0.6 is 0 Å². The molecule has 1 amide bonds. The molecule has 0 aromatic heterocycles. The first-order chi connectivity index (χ1) is 13.8. The predicted octanol–water partition coefficient (Wildman–Crippen LogP) is 0.218. The molecule has 0 radical (unpaired) electrons. The zero-order chi connectivity index (χ0) is 21.8. The molecule has 0 bridgehead atoms. The average Bonchev–Trinajstić information content (AvgIpc) is 2.68. The van der Waals surface area contributed by atoms with E-state index in [9.17, 15) is 4.79 Å². The Kier molecular flexibility index (Phi) is 10.0. The second kappa shape index (κ2) is 12.2. The molecule has 0 aliphatic carbocycles. The van der Waals surface area contributed by atoms with Crippen molar-refractivity contribution < 1.29 is 19.0 Å². The highest BCUT2D eigenvalue weighted by Gasteiger charge is 2.19. The van der Waals surface area contributed by atoms with Gasteiger partial charge in [0.2, 0.25) is 5.75 Å². The minimum atomic E-state index is -0.300. The molecular formula is C19H32N6O4. The van der Waals surface area contributed by atoms with Crippen LogP contribution in [0.25, 0.3) is 0 Å². The molecule has 0 fully saturated rings. The van der Waals surface area contributed by atoms with Gasteiger partial charge in [0, 0.05) is 39.1 Å². The molecule has 0 saturated heterocycles. The fourth-order valence-corrected chi connectivity index (χ4v) is 2.26. The smallest absolute Gasteiger partial charge is 0.251 e. The van der Waals surface area contributed by atoms with Crippen LogP contribution in [0.5, 0.6) is 17.2 Å². The van der Waals surface area contributed by atoms with Crippen molar-refractivity contribution in [3.8, 4) is 17.2 Å². The normalized spacial score (nSPS) is 11.6. The highest BCUT2D eigenvalue weighted by atomic mass is 16.5. The zero-order valence-corrected chi connectivity index (χ0v) is 17.5. The molecule has 0 aliphatic rings. The van der Waals surface area contributed by atoms with Crippen LogP contribution in [0.4, 0.5) is 0 Å². The molecule has 1 rings (SSSR count). The number of rotatable bonds is 12. The predicted molar refractivity (Wildman–Crippen MR) is 112 cm³/mol. The summed E-state index contributed by atoms with van der Waals surface area (Å²) in [5, 5.41) is 6.73. The minimum absolute atomic E-state index is 0.0441. The lowest BCUT2D eigenvalue weighted by Gasteiger charge is -2.18. The molecule has 0 heterocycles. The van der Waals surface area contributed by atoms with Gasteiger partial charge in [-0.05, 0) is 18.6 Å². The molecular weight excluding hydrogens is 376 g/mol. The number of benzene rings is 1. The summed E-state index contributed by atoms with van der Waals surface area (Å²) >= 11 is 0. The van der Waals surface area contributed by atoms with Crippen LogP contribution in [0.3, 0.4) is 0 Å². The minimum Gasteiger partial charge on any atom is -0.486 e. The summed E-state index contributed by atoms with van der Waals surface area (Å²) < 4.78 is 17.5. The lowest BCUT2D eigenvalue weighted by atomic mass is 10.1. The SMILES string of the molecule is CCCOc1c(OC/C(N)=C/NC)cc(C(=O)NC)cc1OC/C(N)=C/N(C)N. The molecule has 0 spiro atoms. The Morgan fingerprint density at radius 2 is 1.69 bits per heavy atom. The topological polar surface area (TPSA) is 150 Å². The molecule has 8 N–H and O–H groups in total. The number of carbonyl (C=O) groups is 1. The second-order valence-corrected chi connectivity index (χ2v) is 6.18. The van der Waals surface area contributed by atoms with E-state index in [1.54, 1.807) is 32.4 Å². The van der Waals surface area contributed by atoms with E-state index in [0.29, 0.717) is 40.8 Å². The molecule has 162 valence electrons. The van der Waals surface area contributed by atoms with E-state index in [2.05, 4.69) is 10.6 Å². The van der Waals surface area contributed by atoms with Gasteiger partial charge in [-0.2, -0.15) is 0 Å². The Morgan fingerprint density at radius 1 is 1.10 bits per heavy atom. The number of ether oxygens (including phenoxy) is 3. The number of nitrogens with one attached hydrogen (secondary N) is 2. The summed E-state index contributed by atoms with van der Waals surface area (Å²) in [4.78, 5) is 12.2. The number of amides is 1. The molecule has 10 heteroatoms. The van der Waals surface area contributed by atoms with E-state index in [-0.39, 0.29) is 19.1 Å². The average molecular weight is 409 g/mol. The van der Waals surface area contributed by atoms with Crippen molar-refractivity contribution in [2.24, 2.45) is 17.3 Å². The van der Waals surface area contributed by atoms with Gasteiger partial charge in [0.25, 0.3) is 5.91 Å². The van der Waals surface area contributed by atoms with Crippen LogP contribution in [-0.2, 0) is 0 Å². The van der Waals surface area contributed by atoms with E-state index in [0.717, 1.165) is 6.42 Å². The Hall–Kier alpha value is -3.27. The van der Waals surface area contributed by atoms with Crippen molar-refractivity contribution >= 4 is 5.91 Å². The van der Waals surface area contributed by atoms with Gasteiger partial charge in [-0.3, -0.25) is 4.79 Å². The summed E-state index contributed by atoms with van der Waals surface area (Å²) in [7, 11) is 4.91. The van der Waals surface area contributed by atoms with E-state index in [1.807, 2.05) is 6.92 Å². The van der Waals surface area contributed by atoms with Gasteiger partial charge < -0.3 is 41.3 Å². The van der Waals surface area contributed by atoms with E-state index < -0.39 is 0 Å². The lowest BCUT2D eigenvalue weighted by Crippen LogP contribution is -2.23. The molecule has 0 aliphatic heterocycles. The van der Waals surface area contributed by atoms with Crippen molar-refractivity contribution in [2.45, 2.75) is 13.3 Å². The molecule has 0 atom stereocenters. The van der Waals surface area contributed by atoms with Gasteiger partial charge >= 0.3 is 0 Å². The standard InChI is InChI=1S/C19H32N6O4/c1-5-6-27-18-16(28-11-14(20)9-23-2)7-13(19(26)24-3)8-17(18)29-12-15(21)10-25(4)22/h7-10,23H,5-6,11-12,20-22H2,1-4H3,(H,24,26)/b14-9-,15-10-. The highest BCUT2D eigenvalue weighted by molar-refractivity contribution is 5.95. The number of nitrogens with two attached hydrogens (primary N) is 3. The Labute approximate surface area is 171 Å². The summed E-state index contributed by atoms with van der Waals surface area (Å²) in [6.45, 7) is 2.55. The molecule has 29 heavy (non-hydrogen) atoms. The van der Waals surface area contributed by atoms with Gasteiger partial charge in [0.1, 0.15) is 13.2 Å². The van der Waals surface area contributed by atoms with Crippen LogP contribution in [-0.4, -0.2) is 51.9 Å². The third-order valence-electron chi connectivity index (χ3n) is 3.45. The molecule has 0 unspecified atom stereocenters. The lowest BCUT2D eigenvalue weighted by molar-refractivity contribution is 0.0962. The maximum absolute atomic E-state index is 12.2. The molecule has 10 nitrogen and oxygen atoms in total. The number of hydrogen-bond acceptors (Lipinski definition) is 9. The van der Waals surface area contributed by atoms with E-state index in [1.165, 1.54) is 18.3 Å². The first kappa shape index (κ1) is 23.8. The van der Waals surface area contributed by atoms with Crippen LogP contribution in [0, 0.1) is 0 Å². The third-order valence-corrected chi connectivity index (χ3v) is 3.45. The number of nitrogens with zero attached hydrogens (tertiary/aromatic N) is 1. The summed E-state index contributed by atoms with van der Waals surface area (Å²) in [5.74, 6) is 6.28. The van der Waals surface area contributed by atoms with Crippen LogP contribution in [0.15, 0.2) is 35.9 Å². The van der Waals surface area contributed by atoms with Crippen LogP contribution < -0.4 is 42.2 Å². The van der Waals surface area contributed by atoms with E-state index >= 15 is 0 Å². The van der Waals surface area contributed by atoms with Crippen LogP contribution in [0.2, 0.25) is 0 Å². The van der Waals surface area contributed by atoms with Gasteiger partial charge in [-0.25, -0.2) is 5.84 Å². The van der Waals surface area contributed by atoms with Gasteiger partial charge in [-0.15, -0.1) is 0 Å². The first-order valence-corrected chi connectivity index (χ1v) is 9.16. The Bertz CT molecular complexity index is 734. The maximum atomic E-state index is 12.2. The van der Waals surface area contributed by atoms with Gasteiger partial charge in [0.05, 0.1) is 18.0 Å². The third kappa shape index (κ3) is 8.09. The highest BCUT2D eigenvalue weighted by Crippen LogP contribution is 2.39. The van der Waals surface area contributed by atoms with Crippen molar-refractivity contribution in [2.75, 3.05) is 41.0 Å². The Morgan fingerprint density at radius 3 is 2.17 bits per heavy atom. The summed E-state index contributed by atoms with van der Waals surface area (Å²) in [6, 6.07) is 3.15. The van der Waals surface area contributed by atoms with Gasteiger partial charge in [0.15, 0.2) is 11.5 Å². The van der Waals surface area contributed by atoms with Crippen molar-refractivity contribution in [3.63, 3.8) is 0 Å². The van der Waals surface area contributed by atoms with Crippen molar-refractivity contribution in [1.29, 1.82) is 0 Å². The molecule has 1 aromatic rings. The monoisotopic (exact) mass is 408 g/mol. The summed E-state index contributed by atoms with van der Waals surface area (Å²) in [6.07, 6.45) is 3.91. The summed E-state index contributed by atoms with van der Waals surface area (Å²) in [5.41, 5.74) is 13.0. The second-order valence-electron chi connectivity index (χ2n) is 6.18. The first-order valence-electron chi connectivity index (χ1n) is 9.16. The Balaban J connectivity index is 3.30. The molecule has 1 aromatic carbocycles. The fourth-order valence-electron chi connectivity index (χ4n) is 2.26. The number of hydrazine groups is 1. The van der Waals surface area contributed by atoms with E-state index in [4.69, 9.17) is 31.5 Å². The number of carbonyl (C=O) groups excluding carboxylic acids is 1. The fraction of sp³-hybridized carbons (Fsp3) is 0.421. The van der Waals surface area contributed by atoms with Crippen LogP contribution in [0.1, 0.15) is 23.7 Å². The van der Waals surface area contributed by atoms with Crippen molar-refractivity contribution in [1.82, 2.24) is 15.6 Å².